The fourth-order valence-corrected chi connectivity index (χ4v) is 4.71. The van der Waals surface area contributed by atoms with Crippen molar-refractivity contribution >= 4 is 29.3 Å². The second-order valence-corrected chi connectivity index (χ2v) is 8.81. The molecule has 0 saturated carbocycles. The molecule has 1 aliphatic heterocycles. The Balaban J connectivity index is 1.48. The fourth-order valence-electron chi connectivity index (χ4n) is 3.69. The largest absolute Gasteiger partial charge is 0.342 e. The second-order valence-electron chi connectivity index (χ2n) is 7.87. The maximum absolute atomic E-state index is 12.7. The minimum atomic E-state index is -0.0415. The van der Waals surface area contributed by atoms with Crippen LogP contribution in [0.2, 0.25) is 0 Å². The third kappa shape index (κ3) is 5.65. The molecule has 6 nitrogen and oxygen atoms in total. The number of hydrogen-bond acceptors (Lipinski definition) is 4. The molecule has 0 radical (unpaired) electrons. The number of para-hydroxylation sites is 1. The summed E-state index contributed by atoms with van der Waals surface area (Å²) in [6, 6.07) is 9.52. The molecule has 0 aliphatic carbocycles. The summed E-state index contributed by atoms with van der Waals surface area (Å²) in [4.78, 5) is 31.8. The molecule has 0 atom stereocenters. The van der Waals surface area contributed by atoms with Crippen molar-refractivity contribution in [1.82, 2.24) is 14.5 Å². The van der Waals surface area contributed by atoms with Crippen LogP contribution in [0.25, 0.3) is 0 Å². The van der Waals surface area contributed by atoms with Gasteiger partial charge < -0.3 is 14.8 Å². The van der Waals surface area contributed by atoms with Gasteiger partial charge in [0.15, 0.2) is 5.16 Å². The molecular formula is C23H32N4O2S. The molecule has 162 valence electrons. The first-order valence-corrected chi connectivity index (χ1v) is 11.8. The minimum absolute atomic E-state index is 0.0415. The molecule has 0 spiro atoms. The van der Waals surface area contributed by atoms with E-state index in [1.54, 1.807) is 0 Å². The van der Waals surface area contributed by atoms with Gasteiger partial charge in [0.25, 0.3) is 0 Å². The highest BCUT2D eigenvalue weighted by Gasteiger charge is 2.27. The van der Waals surface area contributed by atoms with Crippen LogP contribution in [0, 0.1) is 19.8 Å². The zero-order chi connectivity index (χ0) is 21.5. The summed E-state index contributed by atoms with van der Waals surface area (Å²) in [6.07, 6.45) is 3.65. The Kier molecular flexibility index (Phi) is 7.96. The summed E-state index contributed by atoms with van der Waals surface area (Å²) in [5, 5.41) is 3.91. The van der Waals surface area contributed by atoms with Crippen molar-refractivity contribution in [2.45, 2.75) is 58.2 Å². The van der Waals surface area contributed by atoms with Crippen LogP contribution in [0.15, 0.2) is 35.5 Å². The first kappa shape index (κ1) is 22.4. The number of carbonyl (C=O) groups excluding carboxylic acids is 2. The van der Waals surface area contributed by atoms with E-state index in [2.05, 4.69) is 28.7 Å². The molecule has 2 aromatic rings. The number of unbranched alkanes of at least 4 members (excludes halogenated alkanes) is 1. The van der Waals surface area contributed by atoms with Crippen LogP contribution in [0.4, 0.5) is 5.69 Å². The first-order chi connectivity index (χ1) is 14.5. The first-order valence-electron chi connectivity index (χ1n) is 10.8. The number of thioether (sulfide) groups is 1. The number of nitrogens with one attached hydrogen (secondary N) is 1. The van der Waals surface area contributed by atoms with Gasteiger partial charge in [0.2, 0.25) is 11.8 Å². The van der Waals surface area contributed by atoms with Crippen molar-refractivity contribution in [1.29, 1.82) is 0 Å². The predicted octanol–water partition coefficient (Wildman–Crippen LogP) is 4.27. The Morgan fingerprint density at radius 2 is 1.87 bits per heavy atom. The Bertz CT molecular complexity index is 858. The number of piperidine rings is 1. The molecule has 0 unspecified atom stereocenters. The SMILES string of the molecule is CCCCn1c(SCC(=O)N2CCC(C(=O)Nc3ccccc3)CC2)nc(C)c1C. The van der Waals surface area contributed by atoms with Gasteiger partial charge in [-0.2, -0.15) is 0 Å². The van der Waals surface area contributed by atoms with Gasteiger partial charge in [0.1, 0.15) is 0 Å². The predicted molar refractivity (Wildman–Crippen MR) is 122 cm³/mol. The van der Waals surface area contributed by atoms with Crippen LogP contribution in [0.5, 0.6) is 0 Å². The molecule has 1 aromatic heterocycles. The lowest BCUT2D eigenvalue weighted by Crippen LogP contribution is -2.42. The van der Waals surface area contributed by atoms with E-state index < -0.39 is 0 Å². The smallest absolute Gasteiger partial charge is 0.233 e. The summed E-state index contributed by atoms with van der Waals surface area (Å²) in [6.45, 7) is 8.51. The quantitative estimate of drug-likeness (QED) is 0.638. The van der Waals surface area contributed by atoms with Crippen molar-refractivity contribution in [2.24, 2.45) is 5.92 Å². The number of likely N-dealkylation sites (tertiary alicyclic amines) is 1. The number of anilines is 1. The lowest BCUT2D eigenvalue weighted by Gasteiger charge is -2.31. The minimum Gasteiger partial charge on any atom is -0.342 e. The number of nitrogens with zero attached hydrogens (tertiary/aromatic N) is 3. The van der Waals surface area contributed by atoms with Crippen LogP contribution >= 0.6 is 11.8 Å². The number of benzene rings is 1. The molecule has 1 N–H and O–H groups in total. The summed E-state index contributed by atoms with van der Waals surface area (Å²) in [5.74, 6) is 0.525. The van der Waals surface area contributed by atoms with E-state index >= 15 is 0 Å². The molecule has 2 amide bonds. The normalized spacial score (nSPS) is 14.7. The van der Waals surface area contributed by atoms with Crippen molar-refractivity contribution in [2.75, 3.05) is 24.2 Å². The van der Waals surface area contributed by atoms with Crippen molar-refractivity contribution in [3.8, 4) is 0 Å². The van der Waals surface area contributed by atoms with Crippen LogP contribution in [0.1, 0.15) is 44.0 Å². The number of aryl methyl sites for hydroxylation is 1. The van der Waals surface area contributed by atoms with Gasteiger partial charge >= 0.3 is 0 Å². The highest BCUT2D eigenvalue weighted by atomic mass is 32.2. The van der Waals surface area contributed by atoms with Gasteiger partial charge in [-0.25, -0.2) is 4.98 Å². The molecule has 3 rings (SSSR count). The Hall–Kier alpha value is -2.28. The summed E-state index contributed by atoms with van der Waals surface area (Å²) in [5.41, 5.74) is 3.04. The second kappa shape index (κ2) is 10.7. The lowest BCUT2D eigenvalue weighted by atomic mass is 9.96. The van der Waals surface area contributed by atoms with Crippen LogP contribution in [-0.4, -0.2) is 45.1 Å². The molecule has 7 heteroatoms. The molecule has 1 saturated heterocycles. The Morgan fingerprint density at radius 1 is 1.17 bits per heavy atom. The average Bonchev–Trinajstić information content (AvgIpc) is 3.04. The molecule has 1 fully saturated rings. The average molecular weight is 429 g/mol. The molecular weight excluding hydrogens is 396 g/mol. The monoisotopic (exact) mass is 428 g/mol. The Morgan fingerprint density at radius 3 is 2.53 bits per heavy atom. The third-order valence-electron chi connectivity index (χ3n) is 5.74. The standard InChI is InChI=1S/C23H32N4O2S/c1-4-5-13-27-18(3)17(2)24-23(27)30-16-21(28)26-14-11-19(12-15-26)22(29)25-20-9-7-6-8-10-20/h6-10,19H,4-5,11-16H2,1-3H3,(H,25,29). The van der Waals surface area contributed by atoms with E-state index in [4.69, 9.17) is 0 Å². The number of aromatic nitrogens is 2. The van der Waals surface area contributed by atoms with E-state index in [9.17, 15) is 9.59 Å². The fraction of sp³-hybridized carbons (Fsp3) is 0.522. The highest BCUT2D eigenvalue weighted by molar-refractivity contribution is 7.99. The van der Waals surface area contributed by atoms with Gasteiger partial charge in [0, 0.05) is 36.9 Å². The number of hydrogen-bond donors (Lipinski definition) is 1. The number of rotatable bonds is 8. The number of amides is 2. The Labute approximate surface area is 183 Å². The number of carbonyl (C=O) groups is 2. The van der Waals surface area contributed by atoms with Crippen molar-refractivity contribution in [3.05, 3.63) is 41.7 Å². The van der Waals surface area contributed by atoms with Crippen LogP contribution in [0.3, 0.4) is 0 Å². The molecule has 1 aromatic carbocycles. The van der Waals surface area contributed by atoms with E-state index in [1.807, 2.05) is 42.2 Å². The van der Waals surface area contributed by atoms with Crippen LogP contribution < -0.4 is 5.32 Å². The number of imidazole rings is 1. The van der Waals surface area contributed by atoms with Crippen LogP contribution in [-0.2, 0) is 16.1 Å². The third-order valence-corrected chi connectivity index (χ3v) is 6.70. The molecule has 1 aliphatic rings. The highest BCUT2D eigenvalue weighted by Crippen LogP contribution is 2.24. The van der Waals surface area contributed by atoms with Gasteiger partial charge in [-0.1, -0.05) is 43.3 Å². The van der Waals surface area contributed by atoms with E-state index in [-0.39, 0.29) is 17.7 Å². The van der Waals surface area contributed by atoms with Gasteiger partial charge in [-0.3, -0.25) is 9.59 Å². The maximum Gasteiger partial charge on any atom is 0.233 e. The zero-order valence-electron chi connectivity index (χ0n) is 18.2. The topological polar surface area (TPSA) is 67.2 Å². The molecule has 30 heavy (non-hydrogen) atoms. The maximum atomic E-state index is 12.7. The summed E-state index contributed by atoms with van der Waals surface area (Å²) < 4.78 is 2.23. The molecule has 2 heterocycles. The van der Waals surface area contributed by atoms with Gasteiger partial charge in [-0.15, -0.1) is 0 Å². The summed E-state index contributed by atoms with van der Waals surface area (Å²) in [7, 11) is 0. The van der Waals surface area contributed by atoms with E-state index in [0.29, 0.717) is 31.7 Å². The zero-order valence-corrected chi connectivity index (χ0v) is 19.0. The van der Waals surface area contributed by atoms with Crippen molar-refractivity contribution < 1.29 is 9.59 Å². The van der Waals surface area contributed by atoms with Gasteiger partial charge in [-0.05, 0) is 45.2 Å². The van der Waals surface area contributed by atoms with Gasteiger partial charge in [0.05, 0.1) is 11.4 Å². The summed E-state index contributed by atoms with van der Waals surface area (Å²) >= 11 is 1.52. The van der Waals surface area contributed by atoms with E-state index in [1.165, 1.54) is 17.5 Å². The molecule has 0 bridgehead atoms. The van der Waals surface area contributed by atoms with E-state index in [0.717, 1.165) is 35.9 Å². The van der Waals surface area contributed by atoms with Crippen molar-refractivity contribution in [3.63, 3.8) is 0 Å². The lowest BCUT2D eigenvalue weighted by molar-refractivity contribution is -0.132.